The van der Waals surface area contributed by atoms with E-state index in [0.29, 0.717) is 11.6 Å². The Balaban J connectivity index is 1.83. The first kappa shape index (κ1) is 18.8. The Hall–Kier alpha value is -1.55. The highest BCUT2D eigenvalue weighted by molar-refractivity contribution is 6.30. The zero-order valence-electron chi connectivity index (χ0n) is 14.6. The van der Waals surface area contributed by atoms with Crippen molar-refractivity contribution in [3.05, 3.63) is 29.3 Å². The van der Waals surface area contributed by atoms with Gasteiger partial charge in [0, 0.05) is 29.7 Å². The molecule has 1 aliphatic rings. The van der Waals surface area contributed by atoms with E-state index in [1.807, 2.05) is 19.1 Å². The van der Waals surface area contributed by atoms with Gasteiger partial charge in [-0.3, -0.25) is 9.59 Å². The molecular weight excluding hydrogens is 324 g/mol. The van der Waals surface area contributed by atoms with Crippen molar-refractivity contribution in [2.75, 3.05) is 11.4 Å². The minimum Gasteiger partial charge on any atom is -0.353 e. The van der Waals surface area contributed by atoms with Crippen LogP contribution < -0.4 is 10.2 Å². The summed E-state index contributed by atoms with van der Waals surface area (Å²) in [7, 11) is 0. The predicted octanol–water partition coefficient (Wildman–Crippen LogP) is 4.17. The molecule has 1 N–H and O–H groups in total. The normalized spacial score (nSPS) is 18.7. The molecule has 0 unspecified atom stereocenters. The van der Waals surface area contributed by atoms with Crippen LogP contribution in [0.15, 0.2) is 24.3 Å². The van der Waals surface area contributed by atoms with E-state index >= 15 is 0 Å². The van der Waals surface area contributed by atoms with E-state index in [2.05, 4.69) is 12.2 Å². The number of amides is 2. The molecule has 0 bridgehead atoms. The summed E-state index contributed by atoms with van der Waals surface area (Å²) >= 11 is 5.88. The number of anilines is 1. The van der Waals surface area contributed by atoms with Crippen LogP contribution in [0.2, 0.25) is 5.02 Å². The maximum absolute atomic E-state index is 12.4. The number of carbonyl (C=O) groups excluding carboxylic acids is 2. The van der Waals surface area contributed by atoms with Gasteiger partial charge in [-0.25, -0.2) is 0 Å². The second-order valence-corrected chi connectivity index (χ2v) is 7.08. The monoisotopic (exact) mass is 350 g/mol. The van der Waals surface area contributed by atoms with Gasteiger partial charge in [0.15, 0.2) is 0 Å². The molecule has 2 rings (SSSR count). The third kappa shape index (κ3) is 5.23. The van der Waals surface area contributed by atoms with E-state index < -0.39 is 0 Å². The molecular formula is C19H27ClN2O2. The third-order valence-corrected chi connectivity index (χ3v) is 4.77. The molecule has 0 saturated carbocycles. The highest BCUT2D eigenvalue weighted by atomic mass is 35.5. The first-order valence-corrected chi connectivity index (χ1v) is 9.25. The molecule has 2 atom stereocenters. The first-order valence-electron chi connectivity index (χ1n) is 8.87. The van der Waals surface area contributed by atoms with Gasteiger partial charge < -0.3 is 10.2 Å². The summed E-state index contributed by atoms with van der Waals surface area (Å²) in [5.41, 5.74) is 0.798. The van der Waals surface area contributed by atoms with Gasteiger partial charge in [-0.2, -0.15) is 0 Å². The largest absolute Gasteiger partial charge is 0.353 e. The van der Waals surface area contributed by atoms with Crippen molar-refractivity contribution in [1.29, 1.82) is 0 Å². The molecule has 1 aromatic carbocycles. The SMILES string of the molecule is CCCCCC[C@H](C)NC(=O)[C@H]1CC(=O)N(c2ccc(Cl)cc2)C1. The molecule has 24 heavy (non-hydrogen) atoms. The molecule has 0 aromatic heterocycles. The Morgan fingerprint density at radius 2 is 2.00 bits per heavy atom. The molecule has 1 fully saturated rings. The third-order valence-electron chi connectivity index (χ3n) is 4.51. The number of hydrogen-bond donors (Lipinski definition) is 1. The smallest absolute Gasteiger partial charge is 0.227 e. The van der Waals surface area contributed by atoms with Crippen molar-refractivity contribution in [2.45, 2.75) is 58.4 Å². The minimum atomic E-state index is -0.272. The lowest BCUT2D eigenvalue weighted by atomic mass is 10.1. The van der Waals surface area contributed by atoms with E-state index in [0.717, 1.165) is 18.5 Å². The summed E-state index contributed by atoms with van der Waals surface area (Å²) in [6.45, 7) is 4.67. The number of benzene rings is 1. The van der Waals surface area contributed by atoms with Crippen molar-refractivity contribution in [1.82, 2.24) is 5.32 Å². The molecule has 132 valence electrons. The molecule has 1 aromatic rings. The first-order chi connectivity index (χ1) is 11.5. The number of nitrogens with one attached hydrogen (secondary N) is 1. The van der Waals surface area contributed by atoms with Gasteiger partial charge in [0.2, 0.25) is 11.8 Å². The Morgan fingerprint density at radius 3 is 2.67 bits per heavy atom. The van der Waals surface area contributed by atoms with Gasteiger partial charge >= 0.3 is 0 Å². The van der Waals surface area contributed by atoms with Crippen molar-refractivity contribution in [2.24, 2.45) is 5.92 Å². The lowest BCUT2D eigenvalue weighted by molar-refractivity contribution is -0.126. The minimum absolute atomic E-state index is 0.00642. The Kier molecular flexibility index (Phi) is 7.10. The zero-order chi connectivity index (χ0) is 17.5. The van der Waals surface area contributed by atoms with E-state index in [1.54, 1.807) is 17.0 Å². The summed E-state index contributed by atoms with van der Waals surface area (Å²) in [5, 5.41) is 3.70. The highest BCUT2D eigenvalue weighted by Crippen LogP contribution is 2.26. The van der Waals surface area contributed by atoms with Crippen LogP contribution in [-0.4, -0.2) is 24.4 Å². The van der Waals surface area contributed by atoms with Gasteiger partial charge in [-0.15, -0.1) is 0 Å². The molecule has 2 amide bonds. The van der Waals surface area contributed by atoms with Crippen LogP contribution in [0.3, 0.4) is 0 Å². The van der Waals surface area contributed by atoms with Crippen LogP contribution in [0.1, 0.15) is 52.4 Å². The van der Waals surface area contributed by atoms with Crippen molar-refractivity contribution < 1.29 is 9.59 Å². The molecule has 0 radical (unpaired) electrons. The standard InChI is InChI=1S/C19H27ClN2O2/c1-3-4-5-6-7-14(2)21-19(24)15-12-18(23)22(13-15)17-10-8-16(20)9-11-17/h8-11,14-15H,3-7,12-13H2,1-2H3,(H,21,24)/t14-,15-/m0/s1. The van der Waals surface area contributed by atoms with E-state index in [1.165, 1.54) is 19.3 Å². The second-order valence-electron chi connectivity index (χ2n) is 6.64. The lowest BCUT2D eigenvalue weighted by Gasteiger charge is -2.18. The van der Waals surface area contributed by atoms with Crippen LogP contribution in [0.4, 0.5) is 5.69 Å². The fraction of sp³-hybridized carbons (Fsp3) is 0.579. The van der Waals surface area contributed by atoms with Crippen LogP contribution in [0.5, 0.6) is 0 Å². The summed E-state index contributed by atoms with van der Waals surface area (Å²) < 4.78 is 0. The number of unbranched alkanes of at least 4 members (excludes halogenated alkanes) is 3. The average molecular weight is 351 g/mol. The number of rotatable bonds is 8. The van der Waals surface area contributed by atoms with E-state index in [9.17, 15) is 9.59 Å². The fourth-order valence-electron chi connectivity index (χ4n) is 3.06. The highest BCUT2D eigenvalue weighted by Gasteiger charge is 2.35. The van der Waals surface area contributed by atoms with E-state index in [4.69, 9.17) is 11.6 Å². The molecule has 5 heteroatoms. The Morgan fingerprint density at radius 1 is 1.29 bits per heavy atom. The van der Waals surface area contributed by atoms with Gasteiger partial charge in [-0.05, 0) is 37.6 Å². The molecule has 0 aliphatic carbocycles. The van der Waals surface area contributed by atoms with Crippen molar-refractivity contribution >= 4 is 29.1 Å². The molecule has 1 saturated heterocycles. The summed E-state index contributed by atoms with van der Waals surface area (Å²) in [4.78, 5) is 26.3. The zero-order valence-corrected chi connectivity index (χ0v) is 15.3. The Bertz CT molecular complexity index is 559. The second kappa shape index (κ2) is 9.07. The average Bonchev–Trinajstić information content (AvgIpc) is 2.94. The van der Waals surface area contributed by atoms with Crippen LogP contribution in [-0.2, 0) is 9.59 Å². The Labute approximate surface area is 149 Å². The predicted molar refractivity (Wildman–Crippen MR) is 98.3 cm³/mol. The number of nitrogens with zero attached hydrogens (tertiary/aromatic N) is 1. The molecule has 4 nitrogen and oxygen atoms in total. The molecule has 1 aliphatic heterocycles. The van der Waals surface area contributed by atoms with Crippen molar-refractivity contribution in [3.63, 3.8) is 0 Å². The number of hydrogen-bond acceptors (Lipinski definition) is 2. The van der Waals surface area contributed by atoms with Gasteiger partial charge in [0.05, 0.1) is 5.92 Å². The summed E-state index contributed by atoms with van der Waals surface area (Å²) in [6.07, 6.45) is 6.07. The fourth-order valence-corrected chi connectivity index (χ4v) is 3.19. The van der Waals surface area contributed by atoms with Crippen LogP contribution in [0.25, 0.3) is 0 Å². The maximum Gasteiger partial charge on any atom is 0.227 e. The van der Waals surface area contributed by atoms with Crippen LogP contribution in [0, 0.1) is 5.92 Å². The topological polar surface area (TPSA) is 49.4 Å². The van der Waals surface area contributed by atoms with Crippen molar-refractivity contribution in [3.8, 4) is 0 Å². The summed E-state index contributed by atoms with van der Waals surface area (Å²) in [6, 6.07) is 7.31. The quantitative estimate of drug-likeness (QED) is 0.715. The number of halogens is 1. The molecule has 1 heterocycles. The van der Waals surface area contributed by atoms with Gasteiger partial charge in [0.1, 0.15) is 0 Å². The van der Waals surface area contributed by atoms with Gasteiger partial charge in [0.25, 0.3) is 0 Å². The number of carbonyl (C=O) groups is 2. The molecule has 0 spiro atoms. The van der Waals surface area contributed by atoms with Crippen LogP contribution >= 0.6 is 11.6 Å². The van der Waals surface area contributed by atoms with E-state index in [-0.39, 0.29) is 30.2 Å². The summed E-state index contributed by atoms with van der Waals surface area (Å²) in [5.74, 6) is -0.290. The maximum atomic E-state index is 12.4. The lowest BCUT2D eigenvalue weighted by Crippen LogP contribution is -2.38. The van der Waals surface area contributed by atoms with Gasteiger partial charge in [-0.1, -0.05) is 44.2 Å².